The van der Waals surface area contributed by atoms with Crippen molar-refractivity contribution in [2.45, 2.75) is 32.7 Å². The van der Waals surface area contributed by atoms with Crippen molar-refractivity contribution in [3.63, 3.8) is 0 Å². The normalized spacial score (nSPS) is 12.7. The lowest BCUT2D eigenvalue weighted by molar-refractivity contribution is 0.297. The number of para-hydroxylation sites is 1. The summed E-state index contributed by atoms with van der Waals surface area (Å²) in [5.74, 6) is 0.913. The van der Waals surface area contributed by atoms with E-state index in [1.165, 1.54) is 12.8 Å². The summed E-state index contributed by atoms with van der Waals surface area (Å²) in [4.78, 5) is 2.29. The Morgan fingerprint density at radius 3 is 2.67 bits per heavy atom. The first-order valence-corrected chi connectivity index (χ1v) is 6.84. The summed E-state index contributed by atoms with van der Waals surface area (Å²) in [6.45, 7) is 6.84. The van der Waals surface area contributed by atoms with Crippen molar-refractivity contribution in [3.05, 3.63) is 29.8 Å². The summed E-state index contributed by atoms with van der Waals surface area (Å²) >= 11 is 0. The number of nitrogens with two attached hydrogens (primary N) is 1. The van der Waals surface area contributed by atoms with Gasteiger partial charge in [-0.05, 0) is 33.0 Å². The van der Waals surface area contributed by atoms with Crippen LogP contribution in [0, 0.1) is 0 Å². The molecule has 0 aromatic heterocycles. The second-order valence-corrected chi connectivity index (χ2v) is 4.69. The van der Waals surface area contributed by atoms with Crippen molar-refractivity contribution < 1.29 is 4.74 Å². The molecule has 0 spiro atoms. The van der Waals surface area contributed by atoms with Gasteiger partial charge in [0.15, 0.2) is 0 Å². The van der Waals surface area contributed by atoms with E-state index in [-0.39, 0.29) is 6.04 Å². The van der Waals surface area contributed by atoms with Crippen molar-refractivity contribution in [1.29, 1.82) is 0 Å². The molecule has 0 aliphatic rings. The van der Waals surface area contributed by atoms with E-state index in [9.17, 15) is 0 Å². The molecule has 0 heterocycles. The Kier molecular flexibility index (Phi) is 6.76. The van der Waals surface area contributed by atoms with Crippen LogP contribution in [0.2, 0.25) is 0 Å². The lowest BCUT2D eigenvalue weighted by Gasteiger charge is -2.22. The number of ether oxygens (including phenoxy) is 1. The minimum Gasteiger partial charge on any atom is -0.494 e. The number of unbranched alkanes of at least 4 members (excludes halogenated alkanes) is 1. The van der Waals surface area contributed by atoms with Gasteiger partial charge in [-0.1, -0.05) is 31.5 Å². The number of hydrogen-bond donors (Lipinski definition) is 1. The molecule has 0 saturated heterocycles. The van der Waals surface area contributed by atoms with Gasteiger partial charge in [-0.2, -0.15) is 0 Å². The molecule has 0 aliphatic carbocycles. The zero-order chi connectivity index (χ0) is 13.4. The van der Waals surface area contributed by atoms with Crippen LogP contribution in [-0.2, 0) is 0 Å². The van der Waals surface area contributed by atoms with Crippen LogP contribution in [0.25, 0.3) is 0 Å². The van der Waals surface area contributed by atoms with E-state index in [4.69, 9.17) is 10.5 Å². The smallest absolute Gasteiger partial charge is 0.124 e. The molecule has 0 amide bonds. The average molecular weight is 250 g/mol. The van der Waals surface area contributed by atoms with E-state index < -0.39 is 0 Å². The maximum atomic E-state index is 6.28. The number of likely N-dealkylation sites (N-methyl/N-ethyl adjacent to an activating group) is 1. The predicted octanol–water partition coefficient (Wildman–Crippen LogP) is 2.82. The number of hydrogen-bond acceptors (Lipinski definition) is 3. The number of rotatable bonds is 8. The molecule has 1 rings (SSSR count). The molecule has 18 heavy (non-hydrogen) atoms. The number of nitrogens with zero attached hydrogens (tertiary/aromatic N) is 1. The van der Waals surface area contributed by atoms with Crippen LogP contribution in [-0.4, -0.2) is 31.6 Å². The Balaban J connectivity index is 2.62. The third-order valence-electron chi connectivity index (χ3n) is 3.02. The molecule has 0 radical (unpaired) electrons. The van der Waals surface area contributed by atoms with Gasteiger partial charge in [-0.15, -0.1) is 0 Å². The topological polar surface area (TPSA) is 38.5 Å². The fourth-order valence-electron chi connectivity index (χ4n) is 2.03. The molecule has 0 saturated carbocycles. The summed E-state index contributed by atoms with van der Waals surface area (Å²) in [7, 11) is 2.12. The second kappa shape index (κ2) is 8.11. The van der Waals surface area contributed by atoms with Crippen LogP contribution >= 0.6 is 0 Å². The minimum absolute atomic E-state index is 0.00889. The SMILES string of the molecule is CCCCN(C)CC(N)c1ccccc1OCC. The summed E-state index contributed by atoms with van der Waals surface area (Å²) in [6, 6.07) is 8.06. The Morgan fingerprint density at radius 2 is 2.00 bits per heavy atom. The summed E-state index contributed by atoms with van der Waals surface area (Å²) < 4.78 is 5.62. The molecule has 3 nitrogen and oxygen atoms in total. The highest BCUT2D eigenvalue weighted by molar-refractivity contribution is 5.35. The van der Waals surface area contributed by atoms with Gasteiger partial charge in [0.2, 0.25) is 0 Å². The lowest BCUT2D eigenvalue weighted by atomic mass is 10.1. The minimum atomic E-state index is 0.00889. The van der Waals surface area contributed by atoms with Gasteiger partial charge in [0, 0.05) is 18.2 Å². The van der Waals surface area contributed by atoms with E-state index >= 15 is 0 Å². The molecule has 0 fully saturated rings. The molecule has 1 unspecified atom stereocenters. The quantitative estimate of drug-likeness (QED) is 0.771. The monoisotopic (exact) mass is 250 g/mol. The zero-order valence-electron chi connectivity index (χ0n) is 11.9. The van der Waals surface area contributed by atoms with Crippen molar-refractivity contribution in [3.8, 4) is 5.75 Å². The third kappa shape index (κ3) is 4.67. The molecule has 1 aromatic rings. The van der Waals surface area contributed by atoms with Crippen LogP contribution in [0.15, 0.2) is 24.3 Å². The molecule has 102 valence electrons. The Bertz CT molecular complexity index is 341. The Hall–Kier alpha value is -1.06. The lowest BCUT2D eigenvalue weighted by Crippen LogP contribution is -2.30. The summed E-state index contributed by atoms with van der Waals surface area (Å²) in [5, 5.41) is 0. The van der Waals surface area contributed by atoms with Gasteiger partial charge < -0.3 is 15.4 Å². The Labute approximate surface area is 111 Å². The van der Waals surface area contributed by atoms with Crippen molar-refractivity contribution in [2.24, 2.45) is 5.73 Å². The predicted molar refractivity (Wildman–Crippen MR) is 76.9 cm³/mol. The second-order valence-electron chi connectivity index (χ2n) is 4.69. The summed E-state index contributed by atoms with van der Waals surface area (Å²) in [6.07, 6.45) is 2.44. The van der Waals surface area contributed by atoms with Crippen LogP contribution in [0.5, 0.6) is 5.75 Å². The van der Waals surface area contributed by atoms with Crippen molar-refractivity contribution in [1.82, 2.24) is 4.90 Å². The molecular formula is C15H26N2O. The average Bonchev–Trinajstić information content (AvgIpc) is 2.37. The molecule has 2 N–H and O–H groups in total. The first-order chi connectivity index (χ1) is 8.69. The van der Waals surface area contributed by atoms with Gasteiger partial charge in [-0.3, -0.25) is 0 Å². The van der Waals surface area contributed by atoms with Crippen molar-refractivity contribution >= 4 is 0 Å². The first kappa shape index (κ1) is 15.0. The van der Waals surface area contributed by atoms with E-state index in [2.05, 4.69) is 24.9 Å². The molecule has 3 heteroatoms. The van der Waals surface area contributed by atoms with Gasteiger partial charge in [0.25, 0.3) is 0 Å². The fourth-order valence-corrected chi connectivity index (χ4v) is 2.03. The van der Waals surface area contributed by atoms with Gasteiger partial charge in [0.1, 0.15) is 5.75 Å². The van der Waals surface area contributed by atoms with Gasteiger partial charge in [-0.25, -0.2) is 0 Å². The van der Waals surface area contributed by atoms with Gasteiger partial charge in [0.05, 0.1) is 6.61 Å². The van der Waals surface area contributed by atoms with E-state index in [0.29, 0.717) is 6.61 Å². The van der Waals surface area contributed by atoms with E-state index in [1.54, 1.807) is 0 Å². The maximum Gasteiger partial charge on any atom is 0.124 e. The summed E-state index contributed by atoms with van der Waals surface area (Å²) in [5.41, 5.74) is 7.38. The van der Waals surface area contributed by atoms with E-state index in [0.717, 1.165) is 24.4 Å². The molecule has 0 aliphatic heterocycles. The molecule has 1 atom stereocenters. The van der Waals surface area contributed by atoms with Crippen molar-refractivity contribution in [2.75, 3.05) is 26.7 Å². The molecule has 1 aromatic carbocycles. The highest BCUT2D eigenvalue weighted by Gasteiger charge is 2.13. The highest BCUT2D eigenvalue weighted by Crippen LogP contribution is 2.24. The van der Waals surface area contributed by atoms with E-state index in [1.807, 2.05) is 25.1 Å². The van der Waals surface area contributed by atoms with Crippen LogP contribution < -0.4 is 10.5 Å². The highest BCUT2D eigenvalue weighted by atomic mass is 16.5. The molecule has 0 bridgehead atoms. The van der Waals surface area contributed by atoms with Gasteiger partial charge >= 0.3 is 0 Å². The van der Waals surface area contributed by atoms with Crippen LogP contribution in [0.3, 0.4) is 0 Å². The maximum absolute atomic E-state index is 6.28. The standard InChI is InChI=1S/C15H26N2O/c1-4-6-11-17(3)12-14(16)13-9-7-8-10-15(13)18-5-2/h7-10,14H,4-6,11-12,16H2,1-3H3. The third-order valence-corrected chi connectivity index (χ3v) is 3.02. The Morgan fingerprint density at radius 1 is 1.28 bits per heavy atom. The van der Waals surface area contributed by atoms with Crippen LogP contribution in [0.1, 0.15) is 38.3 Å². The number of benzene rings is 1. The fraction of sp³-hybridized carbons (Fsp3) is 0.600. The first-order valence-electron chi connectivity index (χ1n) is 6.84. The largest absolute Gasteiger partial charge is 0.494 e. The molecular weight excluding hydrogens is 224 g/mol. The zero-order valence-corrected chi connectivity index (χ0v) is 11.9. The van der Waals surface area contributed by atoms with Crippen LogP contribution in [0.4, 0.5) is 0 Å².